The van der Waals surface area contributed by atoms with Crippen LogP contribution in [0.15, 0.2) is 4.52 Å². The quantitative estimate of drug-likeness (QED) is 0.864. The summed E-state index contributed by atoms with van der Waals surface area (Å²) in [5, 5.41) is 11.6. The highest BCUT2D eigenvalue weighted by atomic mass is 16.5. The number of likely N-dealkylation sites (tertiary alicyclic amines) is 1. The molecule has 8 heteroatoms. The van der Waals surface area contributed by atoms with Gasteiger partial charge in [0.2, 0.25) is 5.89 Å². The van der Waals surface area contributed by atoms with Gasteiger partial charge in [-0.3, -0.25) is 10.00 Å². The molecule has 3 fully saturated rings. The molecular weight excluding hydrogens is 308 g/mol. The van der Waals surface area contributed by atoms with Gasteiger partial charge in [0.1, 0.15) is 5.82 Å². The lowest BCUT2D eigenvalue weighted by Gasteiger charge is -2.19. The van der Waals surface area contributed by atoms with E-state index in [4.69, 9.17) is 14.2 Å². The number of methoxy groups -OCH3 is 1. The molecule has 5 rings (SSSR count). The van der Waals surface area contributed by atoms with Gasteiger partial charge in [0.15, 0.2) is 11.6 Å². The Morgan fingerprint density at radius 1 is 1.17 bits per heavy atom. The van der Waals surface area contributed by atoms with Crippen LogP contribution in [0.1, 0.15) is 73.3 Å². The number of aromatic amines is 1. The lowest BCUT2D eigenvalue weighted by atomic mass is 10.2. The molecule has 0 bridgehead atoms. The van der Waals surface area contributed by atoms with Crippen molar-refractivity contribution in [1.82, 2.24) is 30.2 Å². The monoisotopic (exact) mass is 330 g/mol. The second-order valence-corrected chi connectivity index (χ2v) is 7.21. The first-order valence-corrected chi connectivity index (χ1v) is 8.81. The van der Waals surface area contributed by atoms with Gasteiger partial charge in [-0.1, -0.05) is 5.16 Å². The predicted octanol–water partition coefficient (Wildman–Crippen LogP) is 1.90. The number of nitrogens with one attached hydrogen (secondary N) is 1. The van der Waals surface area contributed by atoms with Crippen LogP contribution in [0.2, 0.25) is 0 Å². The molecule has 128 valence electrons. The van der Waals surface area contributed by atoms with Gasteiger partial charge in [-0.2, -0.15) is 10.1 Å². The van der Waals surface area contributed by atoms with Crippen molar-refractivity contribution in [3.05, 3.63) is 23.4 Å². The molecule has 2 aromatic rings. The minimum atomic E-state index is 0.159. The van der Waals surface area contributed by atoms with Crippen molar-refractivity contribution in [2.24, 2.45) is 0 Å². The number of H-pyrrole nitrogens is 1. The van der Waals surface area contributed by atoms with Crippen molar-refractivity contribution in [3.8, 4) is 0 Å². The van der Waals surface area contributed by atoms with E-state index in [0.29, 0.717) is 24.3 Å². The molecule has 3 aliphatic rings. The summed E-state index contributed by atoms with van der Waals surface area (Å²) in [7, 11) is 1.76. The fourth-order valence-corrected chi connectivity index (χ4v) is 3.47. The second-order valence-electron chi connectivity index (χ2n) is 7.21. The van der Waals surface area contributed by atoms with Crippen LogP contribution in [0.5, 0.6) is 0 Å². The molecule has 3 heterocycles. The number of hydrogen-bond acceptors (Lipinski definition) is 7. The maximum Gasteiger partial charge on any atom is 0.240 e. The summed E-state index contributed by atoms with van der Waals surface area (Å²) in [4.78, 5) is 11.6. The fourth-order valence-electron chi connectivity index (χ4n) is 3.47. The van der Waals surface area contributed by atoms with Gasteiger partial charge >= 0.3 is 0 Å². The fraction of sp³-hybridized carbons (Fsp3) is 0.750. The highest BCUT2D eigenvalue weighted by Gasteiger charge is 2.38. The number of hydrogen-bond donors (Lipinski definition) is 1. The first-order valence-electron chi connectivity index (χ1n) is 8.81. The van der Waals surface area contributed by atoms with Crippen LogP contribution >= 0.6 is 0 Å². The normalized spacial score (nSPS) is 27.9. The first-order chi connectivity index (χ1) is 11.8. The summed E-state index contributed by atoms with van der Waals surface area (Å²) in [6, 6.07) is 0.159. The van der Waals surface area contributed by atoms with Gasteiger partial charge in [0.05, 0.1) is 18.7 Å². The molecule has 8 nitrogen and oxygen atoms in total. The van der Waals surface area contributed by atoms with Gasteiger partial charge in [0.25, 0.3) is 0 Å². The lowest BCUT2D eigenvalue weighted by molar-refractivity contribution is 0.105. The van der Waals surface area contributed by atoms with Crippen molar-refractivity contribution in [1.29, 1.82) is 0 Å². The average molecular weight is 330 g/mol. The summed E-state index contributed by atoms with van der Waals surface area (Å²) in [5.74, 6) is 4.50. The summed E-state index contributed by atoms with van der Waals surface area (Å²) in [6.45, 7) is 1.46. The van der Waals surface area contributed by atoms with Gasteiger partial charge in [0, 0.05) is 25.5 Å². The number of aromatic nitrogens is 5. The molecule has 2 aromatic heterocycles. The van der Waals surface area contributed by atoms with E-state index in [1.54, 1.807) is 7.11 Å². The molecule has 0 aromatic carbocycles. The van der Waals surface area contributed by atoms with Crippen LogP contribution in [0.3, 0.4) is 0 Å². The van der Waals surface area contributed by atoms with E-state index in [2.05, 4.69) is 25.2 Å². The van der Waals surface area contributed by atoms with Crippen molar-refractivity contribution in [2.45, 2.75) is 62.6 Å². The van der Waals surface area contributed by atoms with E-state index < -0.39 is 0 Å². The smallest absolute Gasteiger partial charge is 0.240 e. The summed E-state index contributed by atoms with van der Waals surface area (Å²) in [5.41, 5.74) is 0. The summed E-state index contributed by atoms with van der Waals surface area (Å²) in [6.07, 6.45) is 5.86. The molecule has 1 aliphatic heterocycles. The molecule has 0 unspecified atom stereocenters. The first kappa shape index (κ1) is 14.5. The Bertz CT molecular complexity index is 720. The average Bonchev–Trinajstić information content (AvgIpc) is 3.49. The Morgan fingerprint density at radius 3 is 2.71 bits per heavy atom. The number of rotatable bonds is 6. The van der Waals surface area contributed by atoms with Crippen molar-refractivity contribution in [3.63, 3.8) is 0 Å². The molecule has 0 spiro atoms. The maximum atomic E-state index is 5.58. The van der Waals surface area contributed by atoms with Gasteiger partial charge in [-0.25, -0.2) is 4.98 Å². The second kappa shape index (κ2) is 5.63. The van der Waals surface area contributed by atoms with E-state index in [0.717, 1.165) is 30.4 Å². The van der Waals surface area contributed by atoms with Crippen LogP contribution in [0, 0.1) is 0 Å². The molecule has 24 heavy (non-hydrogen) atoms. The Hall–Kier alpha value is -1.80. The molecular formula is C16H22N6O2. The Kier molecular flexibility index (Phi) is 3.41. The highest BCUT2D eigenvalue weighted by molar-refractivity contribution is 5.09. The zero-order chi connectivity index (χ0) is 16.1. The topological polar surface area (TPSA) is 93.0 Å². The minimum Gasteiger partial charge on any atom is -0.380 e. The van der Waals surface area contributed by atoms with Crippen molar-refractivity contribution < 1.29 is 9.26 Å². The molecule has 1 saturated heterocycles. The third-order valence-corrected chi connectivity index (χ3v) is 5.24. The molecule has 2 aliphatic carbocycles. The molecule has 0 radical (unpaired) electrons. The third kappa shape index (κ3) is 2.73. The van der Waals surface area contributed by atoms with Crippen LogP contribution < -0.4 is 0 Å². The number of ether oxygens (including phenoxy) is 1. The highest BCUT2D eigenvalue weighted by Crippen LogP contribution is 2.40. The summed E-state index contributed by atoms with van der Waals surface area (Å²) >= 11 is 0. The van der Waals surface area contributed by atoms with Crippen LogP contribution in [-0.2, 0) is 11.3 Å². The van der Waals surface area contributed by atoms with Gasteiger partial charge in [-0.05, 0) is 32.1 Å². The van der Waals surface area contributed by atoms with E-state index >= 15 is 0 Å². The van der Waals surface area contributed by atoms with Gasteiger partial charge < -0.3 is 9.26 Å². The molecule has 1 N–H and O–H groups in total. The van der Waals surface area contributed by atoms with E-state index in [1.165, 1.54) is 25.7 Å². The van der Waals surface area contributed by atoms with Crippen molar-refractivity contribution in [2.75, 3.05) is 13.7 Å². The maximum absolute atomic E-state index is 5.58. The SMILES string of the molecule is CO[C@@H]1C[C@@H](c2nc(C3CC3)n[nH]2)N(Cc2nc(C3CC3)no2)C1. The van der Waals surface area contributed by atoms with E-state index in [-0.39, 0.29) is 12.1 Å². The van der Waals surface area contributed by atoms with E-state index in [9.17, 15) is 0 Å². The largest absolute Gasteiger partial charge is 0.380 e. The predicted molar refractivity (Wildman–Crippen MR) is 83.2 cm³/mol. The Morgan fingerprint density at radius 2 is 1.96 bits per heavy atom. The van der Waals surface area contributed by atoms with Crippen LogP contribution in [0.25, 0.3) is 0 Å². The van der Waals surface area contributed by atoms with Gasteiger partial charge in [-0.15, -0.1) is 0 Å². The standard InChI is InChI=1S/C16H22N6O2/c1-23-11-6-12(16-18-14(19-20-16)9-2-3-9)22(7-11)8-13-17-15(21-24-13)10-4-5-10/h9-12H,2-8H2,1H3,(H,18,19,20)/t11-,12+/m1/s1. The zero-order valence-electron chi connectivity index (χ0n) is 13.8. The third-order valence-electron chi connectivity index (χ3n) is 5.24. The lowest BCUT2D eigenvalue weighted by Crippen LogP contribution is -2.25. The van der Waals surface area contributed by atoms with Crippen LogP contribution in [0.4, 0.5) is 0 Å². The van der Waals surface area contributed by atoms with E-state index in [1.807, 2.05) is 0 Å². The molecule has 0 amide bonds. The minimum absolute atomic E-state index is 0.159. The number of nitrogens with zero attached hydrogens (tertiary/aromatic N) is 5. The van der Waals surface area contributed by atoms with Crippen molar-refractivity contribution >= 4 is 0 Å². The Labute approximate surface area is 140 Å². The summed E-state index contributed by atoms with van der Waals surface area (Å²) < 4.78 is 11.0. The molecule has 2 atom stereocenters. The zero-order valence-corrected chi connectivity index (χ0v) is 13.8. The Balaban J connectivity index is 1.34. The van der Waals surface area contributed by atoms with Crippen LogP contribution in [-0.4, -0.2) is 50.0 Å². The molecule has 2 saturated carbocycles.